The highest BCUT2D eigenvalue weighted by atomic mass is 32.2. The van der Waals surface area contributed by atoms with Crippen molar-refractivity contribution in [3.8, 4) is 0 Å². The van der Waals surface area contributed by atoms with E-state index in [9.17, 15) is 13.2 Å². The Morgan fingerprint density at radius 1 is 1.40 bits per heavy atom. The summed E-state index contributed by atoms with van der Waals surface area (Å²) in [6.07, 6.45) is 1.13. The van der Waals surface area contributed by atoms with E-state index in [0.29, 0.717) is 5.56 Å². The molecule has 82 valence electrons. The van der Waals surface area contributed by atoms with Crippen LogP contribution in [0.5, 0.6) is 0 Å². The van der Waals surface area contributed by atoms with Gasteiger partial charge in [-0.2, -0.15) is 0 Å². The fraction of sp³-hybridized carbons (Fsp3) is 0.222. The van der Waals surface area contributed by atoms with E-state index in [1.165, 1.54) is 18.2 Å². The summed E-state index contributed by atoms with van der Waals surface area (Å²) < 4.78 is 22.0. The van der Waals surface area contributed by atoms with Crippen molar-refractivity contribution in [2.24, 2.45) is 5.73 Å². The number of nitrogens with two attached hydrogens (primary N) is 2. The lowest BCUT2D eigenvalue weighted by Gasteiger charge is -2.04. The second-order valence-electron chi connectivity index (χ2n) is 3.36. The maximum Gasteiger partial charge on any atom is 0.250 e. The van der Waals surface area contributed by atoms with Crippen LogP contribution < -0.4 is 11.5 Å². The second kappa shape index (κ2) is 3.90. The fourth-order valence-electron chi connectivity index (χ4n) is 1.23. The number of hydrogen-bond donors (Lipinski definition) is 2. The highest BCUT2D eigenvalue weighted by Crippen LogP contribution is 2.15. The predicted molar refractivity (Wildman–Crippen MR) is 57.9 cm³/mol. The quantitative estimate of drug-likeness (QED) is 0.705. The van der Waals surface area contributed by atoms with E-state index in [1.54, 1.807) is 0 Å². The first-order chi connectivity index (χ1) is 6.79. The number of anilines is 1. The Bertz CT molecular complexity index is 494. The van der Waals surface area contributed by atoms with Crippen molar-refractivity contribution in [3.05, 3.63) is 29.3 Å². The first kappa shape index (κ1) is 11.5. The van der Waals surface area contributed by atoms with Gasteiger partial charge in [-0.25, -0.2) is 8.42 Å². The van der Waals surface area contributed by atoms with Crippen LogP contribution in [0.25, 0.3) is 0 Å². The van der Waals surface area contributed by atoms with Gasteiger partial charge in [-0.3, -0.25) is 4.79 Å². The van der Waals surface area contributed by atoms with Gasteiger partial charge in [0.2, 0.25) is 0 Å². The maximum atomic E-state index is 11.0. The van der Waals surface area contributed by atoms with Gasteiger partial charge >= 0.3 is 0 Å². The molecule has 15 heavy (non-hydrogen) atoms. The summed E-state index contributed by atoms with van der Waals surface area (Å²) in [4.78, 5) is 10.8. The summed E-state index contributed by atoms with van der Waals surface area (Å²) in [5.74, 6) is -0.727. The summed E-state index contributed by atoms with van der Waals surface area (Å²) in [5.41, 5.74) is 11.5. The summed E-state index contributed by atoms with van der Waals surface area (Å²) in [6, 6.07) is 4.40. The SMILES string of the molecule is CS(=O)(=O)Cc1ccc(C(N)=O)c(N)c1. The summed E-state index contributed by atoms with van der Waals surface area (Å²) in [6.45, 7) is 0. The third-order valence-corrected chi connectivity index (χ3v) is 2.67. The normalized spacial score (nSPS) is 11.3. The van der Waals surface area contributed by atoms with Gasteiger partial charge in [0.15, 0.2) is 9.84 Å². The first-order valence-electron chi connectivity index (χ1n) is 4.15. The molecule has 0 spiro atoms. The molecule has 0 bridgehead atoms. The van der Waals surface area contributed by atoms with E-state index in [2.05, 4.69) is 0 Å². The molecule has 1 aromatic carbocycles. The number of sulfone groups is 1. The molecular weight excluding hydrogens is 216 g/mol. The summed E-state index contributed by atoms with van der Waals surface area (Å²) >= 11 is 0. The van der Waals surface area contributed by atoms with Gasteiger partial charge < -0.3 is 11.5 Å². The Hall–Kier alpha value is -1.56. The molecule has 0 aromatic heterocycles. The van der Waals surface area contributed by atoms with Gasteiger partial charge in [0.25, 0.3) is 5.91 Å². The molecule has 0 heterocycles. The van der Waals surface area contributed by atoms with Crippen molar-refractivity contribution in [1.82, 2.24) is 0 Å². The largest absolute Gasteiger partial charge is 0.398 e. The number of benzene rings is 1. The Kier molecular flexibility index (Phi) is 2.99. The third kappa shape index (κ3) is 3.25. The number of primary amides is 1. The van der Waals surface area contributed by atoms with Gasteiger partial charge in [-0.1, -0.05) is 6.07 Å². The number of hydrogen-bond acceptors (Lipinski definition) is 4. The molecule has 1 rings (SSSR count). The average molecular weight is 228 g/mol. The smallest absolute Gasteiger partial charge is 0.250 e. The molecule has 0 fully saturated rings. The fourth-order valence-corrected chi connectivity index (χ4v) is 2.01. The molecule has 1 aromatic rings. The Morgan fingerprint density at radius 3 is 2.40 bits per heavy atom. The molecule has 0 aliphatic rings. The Balaban J connectivity index is 3.07. The van der Waals surface area contributed by atoms with Gasteiger partial charge in [0.05, 0.1) is 11.3 Å². The molecule has 5 nitrogen and oxygen atoms in total. The highest BCUT2D eigenvalue weighted by Gasteiger charge is 2.09. The standard InChI is InChI=1S/C9H12N2O3S/c1-15(13,14)5-6-2-3-7(9(11)12)8(10)4-6/h2-4H,5,10H2,1H3,(H2,11,12). The number of carbonyl (C=O) groups excluding carboxylic acids is 1. The summed E-state index contributed by atoms with van der Waals surface area (Å²) in [7, 11) is -3.10. The second-order valence-corrected chi connectivity index (χ2v) is 5.50. The number of carbonyl (C=O) groups is 1. The van der Waals surface area contributed by atoms with E-state index < -0.39 is 15.7 Å². The van der Waals surface area contributed by atoms with Gasteiger partial charge in [0, 0.05) is 11.9 Å². The number of amides is 1. The molecular formula is C9H12N2O3S. The topological polar surface area (TPSA) is 103 Å². The van der Waals surface area contributed by atoms with E-state index in [1.807, 2.05) is 0 Å². The van der Waals surface area contributed by atoms with Crippen LogP contribution in [0.15, 0.2) is 18.2 Å². The molecule has 6 heteroatoms. The van der Waals surface area contributed by atoms with Crippen LogP contribution >= 0.6 is 0 Å². The van der Waals surface area contributed by atoms with Crippen molar-refractivity contribution in [1.29, 1.82) is 0 Å². The number of nitrogen functional groups attached to an aromatic ring is 1. The average Bonchev–Trinajstić information content (AvgIpc) is 1.99. The minimum absolute atomic E-state index is 0.101. The monoisotopic (exact) mass is 228 g/mol. The zero-order chi connectivity index (χ0) is 11.6. The predicted octanol–water partition coefficient (Wildman–Crippen LogP) is -0.0877. The van der Waals surface area contributed by atoms with Crippen LogP contribution in [0, 0.1) is 0 Å². The lowest BCUT2D eigenvalue weighted by atomic mass is 10.1. The molecule has 0 atom stereocenters. The number of rotatable bonds is 3. The van der Waals surface area contributed by atoms with E-state index in [-0.39, 0.29) is 17.0 Å². The molecule has 1 amide bonds. The minimum atomic E-state index is -3.10. The van der Waals surface area contributed by atoms with Gasteiger partial charge in [0.1, 0.15) is 0 Å². The molecule has 0 saturated carbocycles. The van der Waals surface area contributed by atoms with Gasteiger partial charge in [-0.05, 0) is 17.7 Å². The zero-order valence-electron chi connectivity index (χ0n) is 8.23. The minimum Gasteiger partial charge on any atom is -0.398 e. The van der Waals surface area contributed by atoms with Crippen molar-refractivity contribution in [3.63, 3.8) is 0 Å². The Morgan fingerprint density at radius 2 is 2.00 bits per heavy atom. The van der Waals surface area contributed by atoms with Crippen LogP contribution in [0.1, 0.15) is 15.9 Å². The van der Waals surface area contributed by atoms with Crippen LogP contribution in [0.3, 0.4) is 0 Å². The highest BCUT2D eigenvalue weighted by molar-refractivity contribution is 7.89. The van der Waals surface area contributed by atoms with Crippen molar-refractivity contribution < 1.29 is 13.2 Å². The van der Waals surface area contributed by atoms with Crippen molar-refractivity contribution in [2.75, 3.05) is 12.0 Å². The van der Waals surface area contributed by atoms with Crippen molar-refractivity contribution >= 4 is 21.4 Å². The van der Waals surface area contributed by atoms with Crippen LogP contribution in [0.4, 0.5) is 5.69 Å². The van der Waals surface area contributed by atoms with E-state index in [0.717, 1.165) is 6.26 Å². The summed E-state index contributed by atoms with van der Waals surface area (Å²) in [5, 5.41) is 0. The van der Waals surface area contributed by atoms with Crippen LogP contribution in [-0.4, -0.2) is 20.6 Å². The molecule has 0 unspecified atom stereocenters. The van der Waals surface area contributed by atoms with Crippen LogP contribution in [-0.2, 0) is 15.6 Å². The molecule has 0 radical (unpaired) electrons. The first-order valence-corrected chi connectivity index (χ1v) is 6.21. The van der Waals surface area contributed by atoms with Crippen LogP contribution in [0.2, 0.25) is 0 Å². The lowest BCUT2D eigenvalue weighted by Crippen LogP contribution is -2.13. The molecule has 4 N–H and O–H groups in total. The van der Waals surface area contributed by atoms with E-state index in [4.69, 9.17) is 11.5 Å². The van der Waals surface area contributed by atoms with Gasteiger partial charge in [-0.15, -0.1) is 0 Å². The van der Waals surface area contributed by atoms with E-state index >= 15 is 0 Å². The zero-order valence-corrected chi connectivity index (χ0v) is 9.04. The third-order valence-electron chi connectivity index (χ3n) is 1.81. The molecule has 0 aliphatic heterocycles. The molecule has 0 aliphatic carbocycles. The Labute approximate surface area is 88.0 Å². The maximum absolute atomic E-state index is 11.0. The lowest BCUT2D eigenvalue weighted by molar-refractivity contribution is 0.100. The van der Waals surface area contributed by atoms with Crippen molar-refractivity contribution in [2.45, 2.75) is 5.75 Å². The molecule has 0 saturated heterocycles.